The number of rotatable bonds is 6. The highest BCUT2D eigenvalue weighted by Crippen LogP contribution is 2.34. The summed E-state index contributed by atoms with van der Waals surface area (Å²) in [7, 11) is 0. The van der Waals surface area contributed by atoms with Crippen LogP contribution in [0.3, 0.4) is 0 Å². The molecule has 28 heavy (non-hydrogen) atoms. The average molecular weight is 395 g/mol. The second-order valence-corrected chi connectivity index (χ2v) is 8.17. The Morgan fingerprint density at radius 1 is 1.11 bits per heavy atom. The van der Waals surface area contributed by atoms with Crippen molar-refractivity contribution < 1.29 is 9.53 Å². The minimum atomic E-state index is -0.00139. The number of amides is 1. The van der Waals surface area contributed by atoms with Crippen LogP contribution in [-0.2, 0) is 4.79 Å². The van der Waals surface area contributed by atoms with Gasteiger partial charge in [-0.05, 0) is 67.4 Å². The van der Waals surface area contributed by atoms with Crippen molar-refractivity contribution in [3.63, 3.8) is 0 Å². The molecule has 3 rings (SSSR count). The standard InChI is InChI=1S/C23H26N2O2S/c1-5-25-22(26)21(28-23(25)24-19-10-6-17(4)7-11-19)14-18-8-12-20(13-9-18)27-15-16(2)3/h6-14,16H,5,15H2,1-4H3/b21-14+,24-23?. The number of carbonyl (C=O) groups excluding carboxylic acids is 1. The lowest BCUT2D eigenvalue weighted by molar-refractivity contribution is -0.122. The summed E-state index contributed by atoms with van der Waals surface area (Å²) in [6.45, 7) is 9.54. The third kappa shape index (κ3) is 5.04. The smallest absolute Gasteiger partial charge is 0.266 e. The zero-order chi connectivity index (χ0) is 20.1. The molecule has 1 aliphatic heterocycles. The van der Waals surface area contributed by atoms with Crippen LogP contribution in [0.5, 0.6) is 5.75 Å². The first kappa shape index (κ1) is 20.2. The Bertz CT molecular complexity index is 884. The molecule has 1 saturated heterocycles. The van der Waals surface area contributed by atoms with Crippen molar-refractivity contribution in [2.45, 2.75) is 27.7 Å². The van der Waals surface area contributed by atoms with Gasteiger partial charge in [0, 0.05) is 6.54 Å². The summed E-state index contributed by atoms with van der Waals surface area (Å²) in [6, 6.07) is 15.8. The zero-order valence-electron chi connectivity index (χ0n) is 16.8. The highest BCUT2D eigenvalue weighted by Gasteiger charge is 2.32. The molecule has 0 atom stereocenters. The van der Waals surface area contributed by atoms with E-state index in [4.69, 9.17) is 4.74 Å². The highest BCUT2D eigenvalue weighted by molar-refractivity contribution is 8.18. The van der Waals surface area contributed by atoms with Gasteiger partial charge < -0.3 is 4.74 Å². The number of benzene rings is 2. The normalized spacial score (nSPS) is 17.2. The van der Waals surface area contributed by atoms with Crippen LogP contribution in [0.2, 0.25) is 0 Å². The Kier molecular flexibility index (Phi) is 6.57. The molecule has 1 amide bonds. The molecule has 1 aliphatic rings. The number of aliphatic imine (C=N–C) groups is 1. The summed E-state index contributed by atoms with van der Waals surface area (Å²) in [5.74, 6) is 1.33. The highest BCUT2D eigenvalue weighted by atomic mass is 32.2. The quantitative estimate of drug-likeness (QED) is 0.594. The topological polar surface area (TPSA) is 41.9 Å². The summed E-state index contributed by atoms with van der Waals surface area (Å²) >= 11 is 1.42. The van der Waals surface area contributed by atoms with Crippen LogP contribution in [0.15, 0.2) is 58.4 Å². The van der Waals surface area contributed by atoms with Crippen molar-refractivity contribution >= 4 is 34.6 Å². The number of amidine groups is 1. The van der Waals surface area contributed by atoms with Crippen LogP contribution in [-0.4, -0.2) is 29.1 Å². The number of nitrogens with zero attached hydrogens (tertiary/aromatic N) is 2. The van der Waals surface area contributed by atoms with Gasteiger partial charge in [0.2, 0.25) is 0 Å². The number of hydrogen-bond acceptors (Lipinski definition) is 4. The van der Waals surface area contributed by atoms with Crippen molar-refractivity contribution in [1.82, 2.24) is 4.90 Å². The Hall–Kier alpha value is -2.53. The fourth-order valence-electron chi connectivity index (χ4n) is 2.67. The van der Waals surface area contributed by atoms with Gasteiger partial charge >= 0.3 is 0 Å². The van der Waals surface area contributed by atoms with E-state index in [-0.39, 0.29) is 5.91 Å². The summed E-state index contributed by atoms with van der Waals surface area (Å²) in [5, 5.41) is 0.722. The Balaban J connectivity index is 1.78. The van der Waals surface area contributed by atoms with E-state index in [1.807, 2.05) is 68.5 Å². The van der Waals surface area contributed by atoms with Gasteiger partial charge in [0.15, 0.2) is 5.17 Å². The van der Waals surface area contributed by atoms with Crippen molar-refractivity contribution in [1.29, 1.82) is 0 Å². The maximum absolute atomic E-state index is 12.8. The van der Waals surface area contributed by atoms with Crippen LogP contribution in [0, 0.1) is 12.8 Å². The second-order valence-electron chi connectivity index (χ2n) is 7.16. The molecule has 0 unspecified atom stereocenters. The van der Waals surface area contributed by atoms with E-state index in [9.17, 15) is 4.79 Å². The number of hydrogen-bond donors (Lipinski definition) is 0. The van der Waals surface area contributed by atoms with Gasteiger partial charge in [-0.2, -0.15) is 0 Å². The lowest BCUT2D eigenvalue weighted by Gasteiger charge is -2.12. The van der Waals surface area contributed by atoms with Gasteiger partial charge in [0.1, 0.15) is 5.75 Å². The van der Waals surface area contributed by atoms with Gasteiger partial charge in [-0.15, -0.1) is 0 Å². The Morgan fingerprint density at radius 3 is 2.39 bits per heavy atom. The van der Waals surface area contributed by atoms with Crippen molar-refractivity contribution in [3.05, 3.63) is 64.6 Å². The lowest BCUT2D eigenvalue weighted by atomic mass is 10.2. The SMILES string of the molecule is CCN1C(=O)/C(=C\c2ccc(OCC(C)C)cc2)SC1=Nc1ccc(C)cc1. The average Bonchev–Trinajstić information content (AvgIpc) is 2.97. The minimum absolute atomic E-state index is 0.00139. The van der Waals surface area contributed by atoms with E-state index in [1.54, 1.807) is 4.90 Å². The monoisotopic (exact) mass is 394 g/mol. The molecule has 0 aliphatic carbocycles. The minimum Gasteiger partial charge on any atom is -0.493 e. The Labute approximate surface area is 171 Å². The predicted octanol–water partition coefficient (Wildman–Crippen LogP) is 5.65. The van der Waals surface area contributed by atoms with E-state index in [0.717, 1.165) is 22.2 Å². The number of aryl methyl sites for hydroxylation is 1. The van der Waals surface area contributed by atoms with Crippen LogP contribution < -0.4 is 4.74 Å². The zero-order valence-corrected chi connectivity index (χ0v) is 17.6. The van der Waals surface area contributed by atoms with Gasteiger partial charge in [0.25, 0.3) is 5.91 Å². The third-order valence-electron chi connectivity index (χ3n) is 4.22. The van der Waals surface area contributed by atoms with Gasteiger partial charge in [0.05, 0.1) is 17.2 Å². The molecule has 0 bridgehead atoms. The first-order valence-electron chi connectivity index (χ1n) is 9.56. The molecule has 0 radical (unpaired) electrons. The van der Waals surface area contributed by atoms with Gasteiger partial charge in [-0.25, -0.2) is 4.99 Å². The predicted molar refractivity (Wildman–Crippen MR) is 118 cm³/mol. The number of likely N-dealkylation sites (N-methyl/N-ethyl adjacent to an activating group) is 1. The molecule has 146 valence electrons. The van der Waals surface area contributed by atoms with E-state index in [1.165, 1.54) is 17.3 Å². The van der Waals surface area contributed by atoms with E-state index in [2.05, 4.69) is 18.8 Å². The molecule has 5 heteroatoms. The summed E-state index contributed by atoms with van der Waals surface area (Å²) in [6.07, 6.45) is 1.92. The second kappa shape index (κ2) is 9.11. The van der Waals surface area contributed by atoms with E-state index < -0.39 is 0 Å². The molecular formula is C23H26N2O2S. The molecule has 2 aromatic carbocycles. The summed E-state index contributed by atoms with van der Waals surface area (Å²) in [5.41, 5.74) is 3.01. The molecule has 0 N–H and O–H groups in total. The van der Waals surface area contributed by atoms with Crippen LogP contribution in [0.25, 0.3) is 6.08 Å². The maximum Gasteiger partial charge on any atom is 0.266 e. The van der Waals surface area contributed by atoms with Crippen molar-refractivity contribution in [2.24, 2.45) is 10.9 Å². The van der Waals surface area contributed by atoms with E-state index >= 15 is 0 Å². The largest absolute Gasteiger partial charge is 0.493 e. The maximum atomic E-state index is 12.8. The summed E-state index contributed by atoms with van der Waals surface area (Å²) < 4.78 is 5.72. The molecule has 2 aromatic rings. The van der Waals surface area contributed by atoms with Crippen LogP contribution >= 0.6 is 11.8 Å². The molecular weight excluding hydrogens is 368 g/mol. The molecule has 4 nitrogen and oxygen atoms in total. The molecule has 0 aromatic heterocycles. The third-order valence-corrected chi connectivity index (χ3v) is 5.23. The fraction of sp³-hybridized carbons (Fsp3) is 0.304. The number of ether oxygens (including phenoxy) is 1. The first-order valence-corrected chi connectivity index (χ1v) is 10.4. The number of thioether (sulfide) groups is 1. The summed E-state index contributed by atoms with van der Waals surface area (Å²) in [4.78, 5) is 19.8. The Morgan fingerprint density at radius 2 is 1.79 bits per heavy atom. The molecule has 1 fully saturated rings. The first-order chi connectivity index (χ1) is 13.5. The van der Waals surface area contributed by atoms with Crippen LogP contribution in [0.4, 0.5) is 5.69 Å². The molecule has 0 spiro atoms. The van der Waals surface area contributed by atoms with Crippen LogP contribution in [0.1, 0.15) is 31.9 Å². The lowest BCUT2D eigenvalue weighted by Crippen LogP contribution is -2.28. The fourth-order valence-corrected chi connectivity index (χ4v) is 3.74. The van der Waals surface area contributed by atoms with E-state index in [0.29, 0.717) is 24.0 Å². The van der Waals surface area contributed by atoms with Crippen molar-refractivity contribution in [3.8, 4) is 5.75 Å². The van der Waals surface area contributed by atoms with Gasteiger partial charge in [-0.1, -0.05) is 43.7 Å². The molecule has 0 saturated carbocycles. The number of carbonyl (C=O) groups is 1. The van der Waals surface area contributed by atoms with Crippen molar-refractivity contribution in [2.75, 3.05) is 13.2 Å². The van der Waals surface area contributed by atoms with Gasteiger partial charge in [-0.3, -0.25) is 9.69 Å². The molecule has 1 heterocycles.